The number of nitrogens with zero attached hydrogens (tertiary/aromatic N) is 3. The fourth-order valence-electron chi connectivity index (χ4n) is 3.64. The lowest BCUT2D eigenvalue weighted by Crippen LogP contribution is -2.18. The third-order valence-electron chi connectivity index (χ3n) is 5.33. The zero-order valence-corrected chi connectivity index (χ0v) is 18.1. The second-order valence-corrected chi connectivity index (χ2v) is 7.54. The topological polar surface area (TPSA) is 53.5 Å². The molecule has 158 valence electrons. The van der Waals surface area contributed by atoms with Gasteiger partial charge in [0.1, 0.15) is 5.75 Å². The second-order valence-electron chi connectivity index (χ2n) is 7.54. The molecule has 1 N–H and O–H groups in total. The number of hydrogen-bond donors (Lipinski definition) is 1. The molecule has 0 amide bonds. The van der Waals surface area contributed by atoms with E-state index in [9.17, 15) is 0 Å². The molecule has 0 saturated carbocycles. The van der Waals surface area contributed by atoms with E-state index in [-0.39, 0.29) is 0 Å². The summed E-state index contributed by atoms with van der Waals surface area (Å²) in [6, 6.07) is 20.5. The molecule has 4 rings (SSSR count). The number of H-pyrrole nitrogens is 1. The summed E-state index contributed by atoms with van der Waals surface area (Å²) in [7, 11) is 1.68. The second kappa shape index (κ2) is 9.94. The molecule has 2 aromatic carbocycles. The van der Waals surface area contributed by atoms with Crippen LogP contribution in [-0.4, -0.2) is 34.8 Å². The largest absolute Gasteiger partial charge is 0.497 e. The Morgan fingerprint density at radius 2 is 1.90 bits per heavy atom. The number of ether oxygens (including phenoxy) is 1. The normalized spacial score (nSPS) is 11.3. The van der Waals surface area contributed by atoms with Gasteiger partial charge < -0.3 is 9.72 Å². The number of pyridine rings is 1. The Kier molecular flexibility index (Phi) is 6.62. The summed E-state index contributed by atoms with van der Waals surface area (Å²) in [6.45, 7) is 3.85. The first-order valence-corrected chi connectivity index (χ1v) is 10.7. The van der Waals surface area contributed by atoms with Crippen molar-refractivity contribution in [2.24, 2.45) is 5.10 Å². The number of methoxy groups -OCH3 is 1. The molecule has 31 heavy (non-hydrogen) atoms. The summed E-state index contributed by atoms with van der Waals surface area (Å²) < 4.78 is 5.32. The molecule has 2 aromatic heterocycles. The first-order chi connectivity index (χ1) is 15.3. The summed E-state index contributed by atoms with van der Waals surface area (Å²) >= 11 is 0. The first kappa shape index (κ1) is 20.7. The van der Waals surface area contributed by atoms with E-state index in [0.717, 1.165) is 65.0 Å². The molecule has 0 aliphatic heterocycles. The van der Waals surface area contributed by atoms with Crippen molar-refractivity contribution in [2.75, 3.05) is 13.7 Å². The predicted molar refractivity (Wildman–Crippen MR) is 127 cm³/mol. The minimum Gasteiger partial charge on any atom is -0.497 e. The maximum absolute atomic E-state index is 5.32. The van der Waals surface area contributed by atoms with Gasteiger partial charge in [-0.15, -0.1) is 0 Å². The molecule has 0 fully saturated rings. The van der Waals surface area contributed by atoms with Crippen LogP contribution in [0.3, 0.4) is 0 Å². The zero-order chi connectivity index (χ0) is 21.5. The van der Waals surface area contributed by atoms with Crippen molar-refractivity contribution < 1.29 is 4.74 Å². The number of aromatic amines is 1. The average Bonchev–Trinajstić information content (AvgIpc) is 3.20. The van der Waals surface area contributed by atoms with Crippen molar-refractivity contribution >= 4 is 17.1 Å². The lowest BCUT2D eigenvalue weighted by molar-refractivity contribution is 0.276. The molecule has 0 spiro atoms. The van der Waals surface area contributed by atoms with Gasteiger partial charge in [0, 0.05) is 35.4 Å². The van der Waals surface area contributed by atoms with Crippen molar-refractivity contribution in [3.8, 4) is 17.0 Å². The molecule has 0 atom stereocenters. The highest BCUT2D eigenvalue weighted by molar-refractivity contribution is 6.05. The van der Waals surface area contributed by atoms with E-state index in [1.807, 2.05) is 36.7 Å². The molecule has 0 radical (unpaired) electrons. The molecule has 0 aliphatic rings. The Hall–Kier alpha value is -3.60. The van der Waals surface area contributed by atoms with Gasteiger partial charge in [-0.1, -0.05) is 37.6 Å². The van der Waals surface area contributed by atoms with Crippen LogP contribution in [-0.2, 0) is 6.54 Å². The number of rotatable bonds is 9. The van der Waals surface area contributed by atoms with Crippen molar-refractivity contribution in [1.82, 2.24) is 15.0 Å². The van der Waals surface area contributed by atoms with Crippen LogP contribution < -0.4 is 4.74 Å². The Bertz CT molecular complexity index is 1130. The van der Waals surface area contributed by atoms with Gasteiger partial charge in [0.15, 0.2) is 0 Å². The number of para-hydroxylation sites is 1. The third-order valence-corrected chi connectivity index (χ3v) is 5.33. The number of fused-ring (bicyclic) bond motifs is 1. The quantitative estimate of drug-likeness (QED) is 0.276. The molecule has 5 nitrogen and oxygen atoms in total. The van der Waals surface area contributed by atoms with Gasteiger partial charge in [-0.25, -0.2) is 0 Å². The Morgan fingerprint density at radius 1 is 1.06 bits per heavy atom. The molecule has 2 heterocycles. The number of nitrogens with one attached hydrogen (secondary N) is 1. The van der Waals surface area contributed by atoms with Crippen LogP contribution in [0.5, 0.6) is 5.75 Å². The van der Waals surface area contributed by atoms with Crippen molar-refractivity contribution in [3.63, 3.8) is 0 Å². The third kappa shape index (κ3) is 4.94. The zero-order valence-electron chi connectivity index (χ0n) is 18.1. The standard InChI is InChI=1S/C26H28N4O/c1-3-4-16-30(19-20-8-7-15-27-17-20)28-18-24-23-9-5-6-10-25(23)29-26(24)21-11-13-22(31-2)14-12-21/h5-15,17-18,29H,3-4,16,19H2,1-2H3. The number of unbranched alkanes of at least 4 members (excludes halogenated alkanes) is 1. The van der Waals surface area contributed by atoms with E-state index in [4.69, 9.17) is 9.84 Å². The van der Waals surface area contributed by atoms with Gasteiger partial charge in [-0.3, -0.25) is 9.99 Å². The smallest absolute Gasteiger partial charge is 0.118 e. The van der Waals surface area contributed by atoms with Crippen LogP contribution in [0.25, 0.3) is 22.2 Å². The number of hydrazone groups is 1. The predicted octanol–water partition coefficient (Wildman–Crippen LogP) is 5.87. The maximum atomic E-state index is 5.32. The first-order valence-electron chi connectivity index (χ1n) is 10.7. The Morgan fingerprint density at radius 3 is 2.65 bits per heavy atom. The van der Waals surface area contributed by atoms with Crippen LogP contribution in [0.1, 0.15) is 30.9 Å². The molecule has 0 unspecified atom stereocenters. The molecule has 0 bridgehead atoms. The summed E-state index contributed by atoms with van der Waals surface area (Å²) in [6.07, 6.45) is 7.92. The lowest BCUT2D eigenvalue weighted by atomic mass is 10.1. The summed E-state index contributed by atoms with van der Waals surface area (Å²) in [5, 5.41) is 8.19. The van der Waals surface area contributed by atoms with Crippen LogP contribution in [0.15, 0.2) is 78.2 Å². The van der Waals surface area contributed by atoms with E-state index in [1.165, 1.54) is 0 Å². The maximum Gasteiger partial charge on any atom is 0.118 e. The summed E-state index contributed by atoms with van der Waals surface area (Å²) in [5.41, 5.74) is 5.51. The molecule has 0 aliphatic carbocycles. The molecular formula is C26H28N4O. The van der Waals surface area contributed by atoms with E-state index < -0.39 is 0 Å². The SMILES string of the molecule is CCCCN(Cc1cccnc1)N=Cc1c(-c2ccc(OC)cc2)[nH]c2ccccc12. The number of hydrogen-bond acceptors (Lipinski definition) is 4. The Balaban J connectivity index is 1.69. The van der Waals surface area contributed by atoms with E-state index in [2.05, 4.69) is 58.3 Å². The van der Waals surface area contributed by atoms with Crippen molar-refractivity contribution in [1.29, 1.82) is 0 Å². The number of benzene rings is 2. The minimum absolute atomic E-state index is 0.741. The highest BCUT2D eigenvalue weighted by atomic mass is 16.5. The van der Waals surface area contributed by atoms with Gasteiger partial charge in [-0.2, -0.15) is 5.10 Å². The summed E-state index contributed by atoms with van der Waals surface area (Å²) in [4.78, 5) is 7.82. The average molecular weight is 413 g/mol. The minimum atomic E-state index is 0.741. The molecule has 0 saturated heterocycles. The van der Waals surface area contributed by atoms with Gasteiger partial charge in [0.2, 0.25) is 0 Å². The molecule has 4 aromatic rings. The van der Waals surface area contributed by atoms with E-state index >= 15 is 0 Å². The fourth-order valence-corrected chi connectivity index (χ4v) is 3.64. The van der Waals surface area contributed by atoms with Crippen LogP contribution in [0.4, 0.5) is 0 Å². The van der Waals surface area contributed by atoms with Gasteiger partial charge in [0.05, 0.1) is 25.6 Å². The summed E-state index contributed by atoms with van der Waals surface area (Å²) in [5.74, 6) is 0.845. The van der Waals surface area contributed by atoms with Crippen molar-refractivity contribution in [3.05, 3.63) is 84.2 Å². The van der Waals surface area contributed by atoms with Crippen molar-refractivity contribution in [2.45, 2.75) is 26.3 Å². The molecular weight excluding hydrogens is 384 g/mol. The monoisotopic (exact) mass is 412 g/mol. The van der Waals surface area contributed by atoms with Crippen LogP contribution in [0.2, 0.25) is 0 Å². The van der Waals surface area contributed by atoms with Gasteiger partial charge in [-0.05, 0) is 53.9 Å². The van der Waals surface area contributed by atoms with Gasteiger partial charge in [0.25, 0.3) is 0 Å². The lowest BCUT2D eigenvalue weighted by Gasteiger charge is -2.18. The highest BCUT2D eigenvalue weighted by Crippen LogP contribution is 2.30. The van der Waals surface area contributed by atoms with E-state index in [1.54, 1.807) is 13.3 Å². The molecule has 5 heteroatoms. The van der Waals surface area contributed by atoms with E-state index in [0.29, 0.717) is 0 Å². The highest BCUT2D eigenvalue weighted by Gasteiger charge is 2.12. The van der Waals surface area contributed by atoms with Crippen LogP contribution in [0, 0.1) is 0 Å². The Labute approximate surface area is 183 Å². The van der Waals surface area contributed by atoms with Crippen LogP contribution >= 0.6 is 0 Å². The van der Waals surface area contributed by atoms with Gasteiger partial charge >= 0.3 is 0 Å². The fraction of sp³-hybridized carbons (Fsp3) is 0.231. The number of aromatic nitrogens is 2.